The van der Waals surface area contributed by atoms with E-state index in [2.05, 4.69) is 5.32 Å². The molecule has 96 valence electrons. The lowest BCUT2D eigenvalue weighted by molar-refractivity contribution is 0.126. The Morgan fingerprint density at radius 2 is 2.12 bits per heavy atom. The Kier molecular flexibility index (Phi) is 4.76. The molecule has 1 fully saturated rings. The van der Waals surface area contributed by atoms with Gasteiger partial charge in [0.25, 0.3) is 0 Å². The summed E-state index contributed by atoms with van der Waals surface area (Å²) in [7, 11) is -1.28. The van der Waals surface area contributed by atoms with Crippen molar-refractivity contribution in [3.63, 3.8) is 0 Å². The molecule has 1 heterocycles. The van der Waals surface area contributed by atoms with E-state index in [0.29, 0.717) is 13.0 Å². The molecule has 1 rings (SSSR count). The van der Waals surface area contributed by atoms with Crippen LogP contribution in [0.25, 0.3) is 0 Å². The van der Waals surface area contributed by atoms with Crippen LogP contribution < -0.4 is 5.32 Å². The third kappa shape index (κ3) is 2.57. The molecule has 1 aliphatic rings. The van der Waals surface area contributed by atoms with E-state index in [4.69, 9.17) is 4.74 Å². The van der Waals surface area contributed by atoms with Gasteiger partial charge in [0.1, 0.15) is 0 Å². The zero-order valence-corrected chi connectivity index (χ0v) is 11.4. The monoisotopic (exact) mass is 249 g/mol. The second kappa shape index (κ2) is 5.47. The molecular weight excluding hydrogens is 226 g/mol. The summed E-state index contributed by atoms with van der Waals surface area (Å²) >= 11 is 0. The van der Waals surface area contributed by atoms with Gasteiger partial charge in [-0.15, -0.1) is 0 Å². The molecule has 1 aliphatic heterocycles. The van der Waals surface area contributed by atoms with Crippen LogP contribution in [0, 0.1) is 0 Å². The zero-order valence-electron chi connectivity index (χ0n) is 10.6. The average molecular weight is 249 g/mol. The SMILES string of the molecule is CCC(NC)C(C)S(=O)(=O)C1CCOC1C. The van der Waals surface area contributed by atoms with E-state index >= 15 is 0 Å². The van der Waals surface area contributed by atoms with E-state index in [1.807, 2.05) is 20.9 Å². The molecule has 4 unspecified atom stereocenters. The molecule has 0 saturated carbocycles. The molecule has 1 N–H and O–H groups in total. The van der Waals surface area contributed by atoms with Crippen molar-refractivity contribution in [2.45, 2.75) is 56.3 Å². The van der Waals surface area contributed by atoms with Crippen molar-refractivity contribution in [3.8, 4) is 0 Å². The molecule has 0 aromatic heterocycles. The van der Waals surface area contributed by atoms with Crippen LogP contribution in [-0.4, -0.2) is 44.7 Å². The van der Waals surface area contributed by atoms with Crippen LogP contribution in [0.3, 0.4) is 0 Å². The van der Waals surface area contributed by atoms with Gasteiger partial charge in [0.15, 0.2) is 9.84 Å². The fourth-order valence-corrected chi connectivity index (χ4v) is 4.79. The zero-order chi connectivity index (χ0) is 12.3. The van der Waals surface area contributed by atoms with Crippen molar-refractivity contribution in [1.29, 1.82) is 0 Å². The lowest BCUT2D eigenvalue weighted by Gasteiger charge is -2.26. The summed E-state index contributed by atoms with van der Waals surface area (Å²) in [6, 6.07) is 0.0257. The highest BCUT2D eigenvalue weighted by atomic mass is 32.2. The number of nitrogens with one attached hydrogen (secondary N) is 1. The van der Waals surface area contributed by atoms with E-state index in [-0.39, 0.29) is 22.6 Å². The summed E-state index contributed by atoms with van der Waals surface area (Å²) < 4.78 is 30.1. The fourth-order valence-electron chi connectivity index (χ4n) is 2.42. The van der Waals surface area contributed by atoms with E-state index < -0.39 is 9.84 Å². The number of ether oxygens (including phenoxy) is 1. The van der Waals surface area contributed by atoms with Gasteiger partial charge in [-0.1, -0.05) is 6.92 Å². The quantitative estimate of drug-likeness (QED) is 0.788. The number of sulfone groups is 1. The molecule has 5 heteroatoms. The maximum absolute atomic E-state index is 12.4. The molecule has 0 radical (unpaired) electrons. The van der Waals surface area contributed by atoms with Crippen molar-refractivity contribution < 1.29 is 13.2 Å². The summed E-state index contributed by atoms with van der Waals surface area (Å²) in [5.41, 5.74) is 0. The Balaban J connectivity index is 2.84. The first kappa shape index (κ1) is 13.9. The lowest BCUT2D eigenvalue weighted by Crippen LogP contribution is -2.45. The van der Waals surface area contributed by atoms with Gasteiger partial charge in [0, 0.05) is 12.6 Å². The van der Waals surface area contributed by atoms with Gasteiger partial charge in [-0.2, -0.15) is 0 Å². The van der Waals surface area contributed by atoms with Gasteiger partial charge < -0.3 is 10.1 Å². The third-order valence-corrected chi connectivity index (χ3v) is 6.45. The summed E-state index contributed by atoms with van der Waals surface area (Å²) in [5, 5.41) is 2.40. The molecule has 4 atom stereocenters. The summed E-state index contributed by atoms with van der Waals surface area (Å²) in [5.74, 6) is 0. The normalized spacial score (nSPS) is 30.2. The maximum Gasteiger partial charge on any atom is 0.159 e. The van der Waals surface area contributed by atoms with Crippen LogP contribution in [-0.2, 0) is 14.6 Å². The van der Waals surface area contributed by atoms with Crippen molar-refractivity contribution >= 4 is 9.84 Å². The first-order chi connectivity index (χ1) is 7.45. The van der Waals surface area contributed by atoms with E-state index in [1.54, 1.807) is 6.92 Å². The Labute approximate surface area is 98.7 Å². The highest BCUT2D eigenvalue weighted by molar-refractivity contribution is 7.92. The smallest absolute Gasteiger partial charge is 0.159 e. The minimum absolute atomic E-state index is 0.0257. The van der Waals surface area contributed by atoms with Crippen LogP contribution in [0.5, 0.6) is 0 Å². The van der Waals surface area contributed by atoms with Gasteiger partial charge in [0.2, 0.25) is 0 Å². The maximum atomic E-state index is 12.4. The molecule has 1 saturated heterocycles. The molecule has 0 aromatic rings. The largest absolute Gasteiger partial charge is 0.377 e. The van der Waals surface area contributed by atoms with E-state index in [0.717, 1.165) is 6.42 Å². The van der Waals surface area contributed by atoms with Crippen LogP contribution in [0.2, 0.25) is 0 Å². The minimum atomic E-state index is -3.10. The summed E-state index contributed by atoms with van der Waals surface area (Å²) in [6.45, 7) is 6.21. The Morgan fingerprint density at radius 3 is 2.50 bits per heavy atom. The average Bonchev–Trinajstić information content (AvgIpc) is 2.66. The van der Waals surface area contributed by atoms with Crippen molar-refractivity contribution in [1.82, 2.24) is 5.32 Å². The first-order valence-electron chi connectivity index (χ1n) is 5.96. The van der Waals surface area contributed by atoms with Crippen LogP contribution in [0.4, 0.5) is 0 Å². The third-order valence-electron chi connectivity index (χ3n) is 3.62. The van der Waals surface area contributed by atoms with Crippen molar-refractivity contribution in [2.75, 3.05) is 13.7 Å². The number of hydrogen-bond acceptors (Lipinski definition) is 4. The molecule has 16 heavy (non-hydrogen) atoms. The molecule has 0 aromatic carbocycles. The molecule has 4 nitrogen and oxygen atoms in total. The van der Waals surface area contributed by atoms with Gasteiger partial charge >= 0.3 is 0 Å². The Bertz CT molecular complexity index is 311. The van der Waals surface area contributed by atoms with Gasteiger partial charge in [-0.3, -0.25) is 0 Å². The minimum Gasteiger partial charge on any atom is -0.377 e. The molecule has 0 bridgehead atoms. The van der Waals surface area contributed by atoms with E-state index in [1.165, 1.54) is 0 Å². The van der Waals surface area contributed by atoms with Crippen molar-refractivity contribution in [3.05, 3.63) is 0 Å². The first-order valence-corrected chi connectivity index (χ1v) is 7.57. The van der Waals surface area contributed by atoms with Crippen LogP contribution in [0.15, 0.2) is 0 Å². The van der Waals surface area contributed by atoms with Crippen LogP contribution >= 0.6 is 0 Å². The van der Waals surface area contributed by atoms with E-state index in [9.17, 15) is 8.42 Å². The molecule has 0 spiro atoms. The van der Waals surface area contributed by atoms with Crippen LogP contribution in [0.1, 0.15) is 33.6 Å². The fraction of sp³-hybridized carbons (Fsp3) is 1.00. The second-order valence-electron chi connectivity index (χ2n) is 4.50. The number of hydrogen-bond donors (Lipinski definition) is 1. The summed E-state index contributed by atoms with van der Waals surface area (Å²) in [6.07, 6.45) is 1.29. The molecule has 0 amide bonds. The lowest BCUT2D eigenvalue weighted by atomic mass is 10.2. The second-order valence-corrected chi connectivity index (χ2v) is 7.03. The number of rotatable bonds is 5. The Morgan fingerprint density at radius 1 is 1.50 bits per heavy atom. The molecule has 0 aliphatic carbocycles. The van der Waals surface area contributed by atoms with Gasteiger partial charge in [-0.05, 0) is 33.7 Å². The Hall–Kier alpha value is -0.130. The summed E-state index contributed by atoms with van der Waals surface area (Å²) in [4.78, 5) is 0. The standard InChI is InChI=1S/C11H23NO3S/c1-5-10(12-4)9(3)16(13,14)11-6-7-15-8(11)2/h8-12H,5-7H2,1-4H3. The highest BCUT2D eigenvalue weighted by Crippen LogP contribution is 2.25. The predicted octanol–water partition coefficient (Wildman–Crippen LogP) is 0.965. The highest BCUT2D eigenvalue weighted by Gasteiger charge is 2.40. The van der Waals surface area contributed by atoms with Gasteiger partial charge in [0.05, 0.1) is 16.6 Å². The van der Waals surface area contributed by atoms with Crippen molar-refractivity contribution in [2.24, 2.45) is 0 Å². The topological polar surface area (TPSA) is 55.4 Å². The molecular formula is C11H23NO3S. The van der Waals surface area contributed by atoms with Gasteiger partial charge in [-0.25, -0.2) is 8.42 Å². The predicted molar refractivity (Wildman–Crippen MR) is 65.3 cm³/mol.